The van der Waals surface area contributed by atoms with Gasteiger partial charge in [-0.2, -0.15) is 4.31 Å². The van der Waals surface area contributed by atoms with Gasteiger partial charge < -0.3 is 9.88 Å². The predicted molar refractivity (Wildman–Crippen MR) is 120 cm³/mol. The molecule has 0 spiro atoms. The van der Waals surface area contributed by atoms with Crippen molar-refractivity contribution in [3.63, 3.8) is 0 Å². The van der Waals surface area contributed by atoms with Crippen molar-refractivity contribution in [2.75, 3.05) is 18.4 Å². The number of amides is 1. The topological polar surface area (TPSA) is 101 Å². The van der Waals surface area contributed by atoms with Crippen LogP contribution < -0.4 is 5.32 Å². The molecule has 3 aromatic rings. The van der Waals surface area contributed by atoms with Gasteiger partial charge in [-0.15, -0.1) is 0 Å². The molecule has 3 rings (SSSR count). The average molecular weight is 443 g/mol. The van der Waals surface area contributed by atoms with Crippen LogP contribution in [0.3, 0.4) is 0 Å². The number of rotatable bonds is 9. The zero-order chi connectivity index (χ0) is 22.6. The molecule has 0 fully saturated rings. The molecule has 0 atom stereocenters. The van der Waals surface area contributed by atoms with Crippen molar-refractivity contribution >= 4 is 38.4 Å². The van der Waals surface area contributed by atoms with E-state index in [0.717, 1.165) is 5.52 Å². The highest BCUT2D eigenvalue weighted by Crippen LogP contribution is 2.21. The van der Waals surface area contributed by atoms with Gasteiger partial charge in [-0.3, -0.25) is 9.59 Å². The number of carbonyl (C=O) groups excluding carboxylic acids is 2. The lowest BCUT2D eigenvalue weighted by atomic mass is 10.1. The lowest BCUT2D eigenvalue weighted by molar-refractivity contribution is -0.116. The Balaban J connectivity index is 1.71. The molecule has 164 valence electrons. The molecule has 0 radical (unpaired) electrons. The molecular formula is C22H26N4O4S. The molecule has 0 unspecified atom stereocenters. The van der Waals surface area contributed by atoms with Gasteiger partial charge in [0.2, 0.25) is 15.9 Å². The van der Waals surface area contributed by atoms with Crippen LogP contribution in [-0.2, 0) is 21.4 Å². The highest BCUT2D eigenvalue weighted by Gasteiger charge is 2.22. The van der Waals surface area contributed by atoms with Crippen molar-refractivity contribution in [1.29, 1.82) is 0 Å². The summed E-state index contributed by atoms with van der Waals surface area (Å²) in [5.41, 5.74) is 2.42. The molecule has 0 bridgehead atoms. The van der Waals surface area contributed by atoms with Crippen LogP contribution in [0.2, 0.25) is 0 Å². The molecule has 1 heterocycles. The molecule has 2 aromatic carbocycles. The van der Waals surface area contributed by atoms with Gasteiger partial charge in [-0.25, -0.2) is 13.4 Å². The Hall–Kier alpha value is -3.04. The number of hydrogen-bond donors (Lipinski definition) is 1. The third kappa shape index (κ3) is 5.00. The van der Waals surface area contributed by atoms with Crippen LogP contribution in [0.5, 0.6) is 0 Å². The predicted octanol–water partition coefficient (Wildman–Crippen LogP) is 3.30. The maximum Gasteiger partial charge on any atom is 0.243 e. The summed E-state index contributed by atoms with van der Waals surface area (Å²) in [6.07, 6.45) is 1.80. The number of imidazole rings is 1. The van der Waals surface area contributed by atoms with Crippen molar-refractivity contribution in [1.82, 2.24) is 13.9 Å². The number of nitrogens with zero attached hydrogens (tertiary/aromatic N) is 3. The average Bonchev–Trinajstić information content (AvgIpc) is 3.15. The molecular weight excluding hydrogens is 416 g/mol. The highest BCUT2D eigenvalue weighted by molar-refractivity contribution is 7.89. The Morgan fingerprint density at radius 3 is 2.52 bits per heavy atom. The first-order valence-electron chi connectivity index (χ1n) is 10.1. The van der Waals surface area contributed by atoms with E-state index >= 15 is 0 Å². The van der Waals surface area contributed by atoms with Gasteiger partial charge in [0.25, 0.3) is 0 Å². The SMILES string of the molecule is CCN(CC)S(=O)(=O)c1ccc2c(c1)ncn2CCC(=O)Nc1cccc(C(C)=O)c1. The molecule has 31 heavy (non-hydrogen) atoms. The zero-order valence-corrected chi connectivity index (χ0v) is 18.6. The Kier molecular flexibility index (Phi) is 6.87. The number of Topliss-reactive ketones (excluding diaryl/α,β-unsaturated/α-hetero) is 1. The summed E-state index contributed by atoms with van der Waals surface area (Å²) in [7, 11) is -3.56. The fourth-order valence-electron chi connectivity index (χ4n) is 3.36. The molecule has 1 amide bonds. The second-order valence-corrected chi connectivity index (χ2v) is 9.05. The van der Waals surface area contributed by atoms with Gasteiger partial charge in [0.15, 0.2) is 5.78 Å². The maximum atomic E-state index is 12.7. The number of benzene rings is 2. The fourth-order valence-corrected chi connectivity index (χ4v) is 4.83. The first-order valence-corrected chi connectivity index (χ1v) is 11.6. The van der Waals surface area contributed by atoms with Crippen LogP contribution in [0, 0.1) is 0 Å². The Morgan fingerprint density at radius 2 is 1.84 bits per heavy atom. The smallest absolute Gasteiger partial charge is 0.243 e. The molecule has 1 aromatic heterocycles. The fraction of sp³-hybridized carbons (Fsp3) is 0.318. The second kappa shape index (κ2) is 9.40. The molecule has 0 aliphatic carbocycles. The third-order valence-corrected chi connectivity index (χ3v) is 7.11. The third-order valence-electron chi connectivity index (χ3n) is 5.07. The van der Waals surface area contributed by atoms with E-state index in [0.29, 0.717) is 36.4 Å². The van der Waals surface area contributed by atoms with Gasteiger partial charge in [0.05, 0.1) is 22.3 Å². The molecule has 0 saturated carbocycles. The quantitative estimate of drug-likeness (QED) is 0.513. The van der Waals surface area contributed by atoms with Crippen molar-refractivity contribution < 1.29 is 18.0 Å². The first kappa shape index (κ1) is 22.6. The number of fused-ring (bicyclic) bond motifs is 1. The molecule has 0 saturated heterocycles. The van der Waals surface area contributed by atoms with Crippen LogP contribution in [-0.4, -0.2) is 47.1 Å². The van der Waals surface area contributed by atoms with E-state index in [1.807, 2.05) is 4.57 Å². The minimum absolute atomic E-state index is 0.0663. The van der Waals surface area contributed by atoms with E-state index in [1.165, 1.54) is 11.2 Å². The number of carbonyl (C=O) groups is 2. The van der Waals surface area contributed by atoms with E-state index < -0.39 is 10.0 Å². The van der Waals surface area contributed by atoms with Crippen molar-refractivity contribution in [3.8, 4) is 0 Å². The van der Waals surface area contributed by atoms with E-state index in [9.17, 15) is 18.0 Å². The molecule has 9 heteroatoms. The summed E-state index contributed by atoms with van der Waals surface area (Å²) >= 11 is 0. The van der Waals surface area contributed by atoms with Crippen LogP contribution in [0.1, 0.15) is 37.6 Å². The van der Waals surface area contributed by atoms with E-state index in [4.69, 9.17) is 0 Å². The number of nitrogens with one attached hydrogen (secondary N) is 1. The minimum Gasteiger partial charge on any atom is -0.330 e. The number of hydrogen-bond acceptors (Lipinski definition) is 5. The monoisotopic (exact) mass is 442 g/mol. The molecule has 1 N–H and O–H groups in total. The van der Waals surface area contributed by atoms with E-state index in [-0.39, 0.29) is 23.0 Å². The Bertz CT molecular complexity index is 1210. The summed E-state index contributed by atoms with van der Waals surface area (Å²) in [4.78, 5) is 28.3. The number of ketones is 1. The summed E-state index contributed by atoms with van der Waals surface area (Å²) < 4.78 is 28.6. The number of anilines is 1. The number of aryl methyl sites for hydroxylation is 1. The highest BCUT2D eigenvalue weighted by atomic mass is 32.2. The van der Waals surface area contributed by atoms with Crippen molar-refractivity contribution in [3.05, 3.63) is 54.4 Å². The molecule has 0 aliphatic heterocycles. The van der Waals surface area contributed by atoms with Gasteiger partial charge in [-0.1, -0.05) is 26.0 Å². The Morgan fingerprint density at radius 1 is 1.10 bits per heavy atom. The van der Waals surface area contributed by atoms with E-state index in [1.54, 1.807) is 62.6 Å². The normalized spacial score (nSPS) is 11.7. The van der Waals surface area contributed by atoms with Gasteiger partial charge >= 0.3 is 0 Å². The van der Waals surface area contributed by atoms with Crippen LogP contribution >= 0.6 is 0 Å². The Labute approximate surface area is 181 Å². The second-order valence-electron chi connectivity index (χ2n) is 7.11. The van der Waals surface area contributed by atoms with Crippen molar-refractivity contribution in [2.24, 2.45) is 0 Å². The number of sulfonamides is 1. The summed E-state index contributed by atoms with van der Waals surface area (Å²) in [6, 6.07) is 11.6. The molecule has 8 nitrogen and oxygen atoms in total. The zero-order valence-electron chi connectivity index (χ0n) is 17.8. The summed E-state index contributed by atoms with van der Waals surface area (Å²) in [5, 5.41) is 2.79. The van der Waals surface area contributed by atoms with Crippen LogP contribution in [0.15, 0.2) is 53.7 Å². The van der Waals surface area contributed by atoms with Crippen molar-refractivity contribution in [2.45, 2.75) is 38.6 Å². The first-order chi connectivity index (χ1) is 14.8. The lowest BCUT2D eigenvalue weighted by Gasteiger charge is -2.18. The number of aromatic nitrogens is 2. The van der Waals surface area contributed by atoms with Crippen LogP contribution in [0.25, 0.3) is 11.0 Å². The standard InChI is InChI=1S/C22H26N4O4S/c1-4-26(5-2)31(29,30)19-9-10-21-20(14-19)23-15-25(21)12-11-22(28)24-18-8-6-7-17(13-18)16(3)27/h6-10,13-15H,4-5,11-12H2,1-3H3,(H,24,28). The maximum absolute atomic E-state index is 12.7. The summed E-state index contributed by atoms with van der Waals surface area (Å²) in [5.74, 6) is -0.258. The van der Waals surface area contributed by atoms with Gasteiger partial charge in [-0.05, 0) is 37.3 Å². The van der Waals surface area contributed by atoms with E-state index in [2.05, 4.69) is 10.3 Å². The van der Waals surface area contributed by atoms with Crippen LogP contribution in [0.4, 0.5) is 5.69 Å². The summed E-state index contributed by atoms with van der Waals surface area (Å²) in [6.45, 7) is 6.26. The molecule has 0 aliphatic rings. The van der Waals surface area contributed by atoms with Gasteiger partial charge in [0, 0.05) is 37.3 Å². The van der Waals surface area contributed by atoms with Gasteiger partial charge in [0.1, 0.15) is 0 Å². The largest absolute Gasteiger partial charge is 0.330 e. The lowest BCUT2D eigenvalue weighted by Crippen LogP contribution is -2.30. The minimum atomic E-state index is -3.56.